The number of hydrogen-bond donors (Lipinski definition) is 3. The minimum Gasteiger partial charge on any atom is -0.480 e. The number of hydrogen-bond acceptors (Lipinski definition) is 6. The van der Waals surface area contributed by atoms with Crippen molar-refractivity contribution in [1.29, 1.82) is 0 Å². The molecule has 0 aliphatic rings. The zero-order valence-electron chi connectivity index (χ0n) is 12.8. The van der Waals surface area contributed by atoms with Crippen LogP contribution in [-0.2, 0) is 9.59 Å². The predicted molar refractivity (Wildman–Crippen MR) is 76.0 cm³/mol. The summed E-state index contributed by atoms with van der Waals surface area (Å²) >= 11 is 0. The number of carboxylic acid groups (broad SMARTS) is 1. The molecule has 0 radical (unpaired) electrons. The van der Waals surface area contributed by atoms with Gasteiger partial charge in [-0.25, -0.2) is 0 Å². The van der Waals surface area contributed by atoms with Gasteiger partial charge in [-0.05, 0) is 12.8 Å². The summed E-state index contributed by atoms with van der Waals surface area (Å²) in [6, 6.07) is 0.0134. The normalized spacial score (nSPS) is 11.7. The van der Waals surface area contributed by atoms with Gasteiger partial charge in [0, 0.05) is 5.92 Å². The highest BCUT2D eigenvalue weighted by Crippen LogP contribution is 2.16. The molecule has 0 aliphatic carbocycles. The van der Waals surface area contributed by atoms with Crippen LogP contribution in [0.25, 0.3) is 0 Å². The summed E-state index contributed by atoms with van der Waals surface area (Å²) in [5, 5.41) is 22.0. The standard InChI is InChI=1S/C13H22N4O4/c1-5-13(6-2,11(19)20)14-7-9(18)15-12-17-16-10(21-12)8(3)4/h8,14H,5-7H2,1-4H3,(H,19,20)(H,15,17,18). The van der Waals surface area contributed by atoms with Gasteiger partial charge in [-0.3, -0.25) is 20.2 Å². The predicted octanol–water partition coefficient (Wildman–Crippen LogP) is 1.36. The van der Waals surface area contributed by atoms with Gasteiger partial charge in [0.2, 0.25) is 11.8 Å². The molecule has 21 heavy (non-hydrogen) atoms. The van der Waals surface area contributed by atoms with Crippen molar-refractivity contribution in [1.82, 2.24) is 15.5 Å². The van der Waals surface area contributed by atoms with Crippen molar-refractivity contribution in [3.8, 4) is 0 Å². The van der Waals surface area contributed by atoms with E-state index in [-0.39, 0.29) is 18.5 Å². The Labute approximate surface area is 123 Å². The van der Waals surface area contributed by atoms with E-state index >= 15 is 0 Å². The molecule has 0 unspecified atom stereocenters. The summed E-state index contributed by atoms with van der Waals surface area (Å²) < 4.78 is 5.25. The third kappa shape index (κ3) is 4.25. The summed E-state index contributed by atoms with van der Waals surface area (Å²) in [6.07, 6.45) is 0.758. The smallest absolute Gasteiger partial charge is 0.323 e. The van der Waals surface area contributed by atoms with E-state index in [1.54, 1.807) is 13.8 Å². The first-order chi connectivity index (χ1) is 9.84. The van der Waals surface area contributed by atoms with Crippen LogP contribution in [0.3, 0.4) is 0 Å². The highest BCUT2D eigenvalue weighted by atomic mass is 16.4. The molecule has 0 fully saturated rings. The van der Waals surface area contributed by atoms with Crippen LogP contribution in [0, 0.1) is 0 Å². The number of rotatable bonds is 8. The van der Waals surface area contributed by atoms with Gasteiger partial charge in [-0.15, -0.1) is 5.10 Å². The molecule has 1 amide bonds. The van der Waals surface area contributed by atoms with Crippen LogP contribution in [0.1, 0.15) is 52.3 Å². The maximum absolute atomic E-state index is 11.8. The molecule has 8 nitrogen and oxygen atoms in total. The van der Waals surface area contributed by atoms with Gasteiger partial charge in [-0.1, -0.05) is 32.8 Å². The van der Waals surface area contributed by atoms with Crippen molar-refractivity contribution >= 4 is 17.9 Å². The van der Waals surface area contributed by atoms with Gasteiger partial charge in [0.1, 0.15) is 5.54 Å². The SMILES string of the molecule is CCC(CC)(NCC(=O)Nc1nnc(C(C)C)o1)C(=O)O. The minimum absolute atomic E-state index is 0.0134. The zero-order chi connectivity index (χ0) is 16.0. The van der Waals surface area contributed by atoms with Gasteiger partial charge in [-0.2, -0.15) is 0 Å². The van der Waals surface area contributed by atoms with E-state index in [1.807, 2.05) is 13.8 Å². The Kier molecular flexibility index (Phi) is 5.83. The maximum Gasteiger partial charge on any atom is 0.323 e. The van der Waals surface area contributed by atoms with Gasteiger partial charge in [0.05, 0.1) is 6.54 Å². The molecule has 0 spiro atoms. The summed E-state index contributed by atoms with van der Waals surface area (Å²) in [4.78, 5) is 23.1. The molecule has 1 rings (SSSR count). The Morgan fingerprint density at radius 3 is 2.33 bits per heavy atom. The Balaban J connectivity index is 2.58. The van der Waals surface area contributed by atoms with E-state index in [4.69, 9.17) is 4.42 Å². The maximum atomic E-state index is 11.8. The molecule has 1 aromatic heterocycles. The molecule has 0 saturated heterocycles. The molecule has 118 valence electrons. The lowest BCUT2D eigenvalue weighted by atomic mass is 9.93. The topological polar surface area (TPSA) is 117 Å². The molecule has 8 heteroatoms. The first kappa shape index (κ1) is 17.1. The first-order valence-corrected chi connectivity index (χ1v) is 6.96. The number of aromatic nitrogens is 2. The highest BCUT2D eigenvalue weighted by Gasteiger charge is 2.34. The van der Waals surface area contributed by atoms with Crippen LogP contribution in [0.2, 0.25) is 0 Å². The monoisotopic (exact) mass is 298 g/mol. The Bertz CT molecular complexity index is 494. The molecule has 3 N–H and O–H groups in total. The summed E-state index contributed by atoms with van der Waals surface area (Å²) in [5.41, 5.74) is -1.10. The number of amides is 1. The van der Waals surface area contributed by atoms with Gasteiger partial charge in [0.25, 0.3) is 0 Å². The molecule has 0 aromatic carbocycles. The zero-order valence-corrected chi connectivity index (χ0v) is 12.8. The second-order valence-electron chi connectivity index (χ2n) is 5.10. The highest BCUT2D eigenvalue weighted by molar-refractivity contribution is 5.91. The lowest BCUT2D eigenvalue weighted by Crippen LogP contribution is -2.53. The van der Waals surface area contributed by atoms with Crippen LogP contribution in [-0.4, -0.2) is 39.3 Å². The number of nitrogens with one attached hydrogen (secondary N) is 2. The van der Waals surface area contributed by atoms with Gasteiger partial charge in [0.15, 0.2) is 0 Å². The molecular formula is C13H22N4O4. The quantitative estimate of drug-likeness (QED) is 0.663. The summed E-state index contributed by atoms with van der Waals surface area (Å²) in [5.74, 6) is -0.900. The average Bonchev–Trinajstić information content (AvgIpc) is 2.88. The molecule has 0 saturated carbocycles. The Morgan fingerprint density at radius 1 is 1.29 bits per heavy atom. The molecule has 0 bridgehead atoms. The number of carbonyl (C=O) groups is 2. The number of anilines is 1. The van der Waals surface area contributed by atoms with Crippen LogP contribution >= 0.6 is 0 Å². The van der Waals surface area contributed by atoms with E-state index < -0.39 is 17.4 Å². The second-order valence-corrected chi connectivity index (χ2v) is 5.10. The van der Waals surface area contributed by atoms with Crippen molar-refractivity contribution in [2.75, 3.05) is 11.9 Å². The summed E-state index contributed by atoms with van der Waals surface area (Å²) in [6.45, 7) is 7.16. The Hall–Kier alpha value is -1.96. The fourth-order valence-electron chi connectivity index (χ4n) is 1.81. The Morgan fingerprint density at radius 2 is 1.90 bits per heavy atom. The lowest BCUT2D eigenvalue weighted by Gasteiger charge is -2.27. The molecule has 0 aliphatic heterocycles. The fraction of sp³-hybridized carbons (Fsp3) is 0.692. The van der Waals surface area contributed by atoms with Crippen LogP contribution in [0.5, 0.6) is 0 Å². The van der Waals surface area contributed by atoms with Crippen molar-refractivity contribution in [3.63, 3.8) is 0 Å². The van der Waals surface area contributed by atoms with Crippen LogP contribution in [0.4, 0.5) is 6.01 Å². The second kappa shape index (κ2) is 7.16. The van der Waals surface area contributed by atoms with E-state index in [2.05, 4.69) is 20.8 Å². The average molecular weight is 298 g/mol. The van der Waals surface area contributed by atoms with Crippen molar-refractivity contribution in [2.24, 2.45) is 0 Å². The van der Waals surface area contributed by atoms with E-state index in [1.165, 1.54) is 0 Å². The van der Waals surface area contributed by atoms with Crippen molar-refractivity contribution in [2.45, 2.75) is 52.0 Å². The number of carbonyl (C=O) groups excluding carboxylic acids is 1. The van der Waals surface area contributed by atoms with Crippen LogP contribution in [0.15, 0.2) is 4.42 Å². The third-order valence-electron chi connectivity index (χ3n) is 3.38. The number of nitrogens with zero attached hydrogens (tertiary/aromatic N) is 2. The van der Waals surface area contributed by atoms with Gasteiger partial charge < -0.3 is 9.52 Å². The van der Waals surface area contributed by atoms with Crippen LogP contribution < -0.4 is 10.6 Å². The third-order valence-corrected chi connectivity index (χ3v) is 3.38. The van der Waals surface area contributed by atoms with Crippen molar-refractivity contribution in [3.05, 3.63) is 5.89 Å². The number of aliphatic carboxylic acids is 1. The summed E-state index contributed by atoms with van der Waals surface area (Å²) in [7, 11) is 0. The fourth-order valence-corrected chi connectivity index (χ4v) is 1.81. The van der Waals surface area contributed by atoms with Gasteiger partial charge >= 0.3 is 12.0 Å². The van der Waals surface area contributed by atoms with E-state index in [0.717, 1.165) is 0 Å². The minimum atomic E-state index is -1.10. The largest absolute Gasteiger partial charge is 0.480 e. The molecule has 0 atom stereocenters. The molecule has 1 aromatic rings. The molecular weight excluding hydrogens is 276 g/mol. The first-order valence-electron chi connectivity index (χ1n) is 6.96. The molecule has 1 heterocycles. The van der Waals surface area contributed by atoms with E-state index in [9.17, 15) is 14.7 Å². The number of carboxylic acids is 1. The van der Waals surface area contributed by atoms with Crippen molar-refractivity contribution < 1.29 is 19.1 Å². The van der Waals surface area contributed by atoms with E-state index in [0.29, 0.717) is 18.7 Å². The lowest BCUT2D eigenvalue weighted by molar-refractivity contribution is -0.145.